The minimum atomic E-state index is 0.213. The number of nitrogens with zero attached hydrogens (tertiary/aromatic N) is 1. The van der Waals surface area contributed by atoms with Crippen LogP contribution >= 0.6 is 15.9 Å². The van der Waals surface area contributed by atoms with Gasteiger partial charge in [0, 0.05) is 24.2 Å². The normalized spacial score (nSPS) is 22.2. The number of rotatable bonds is 5. The summed E-state index contributed by atoms with van der Waals surface area (Å²) >= 11 is 3.41. The first-order valence-electron chi connectivity index (χ1n) is 7.34. The van der Waals surface area contributed by atoms with E-state index in [4.69, 9.17) is 4.74 Å². The number of likely N-dealkylation sites (tertiary alicyclic amines) is 1. The molecule has 1 saturated heterocycles. The molecule has 1 amide bonds. The number of ether oxygens (including phenoxy) is 1. The summed E-state index contributed by atoms with van der Waals surface area (Å²) in [5.41, 5.74) is 1.07. The Morgan fingerprint density at radius 2 is 2.00 bits per heavy atom. The fraction of sp³-hybridized carbons (Fsp3) is 0.562. The molecule has 1 saturated carbocycles. The van der Waals surface area contributed by atoms with Crippen LogP contribution in [-0.4, -0.2) is 36.6 Å². The minimum Gasteiger partial charge on any atom is -0.376 e. The highest BCUT2D eigenvalue weighted by molar-refractivity contribution is 9.10. The molecule has 2 fully saturated rings. The second-order valence-electron chi connectivity index (χ2n) is 5.83. The molecule has 0 unspecified atom stereocenters. The molecule has 1 aromatic rings. The van der Waals surface area contributed by atoms with Gasteiger partial charge in [-0.05, 0) is 42.9 Å². The van der Waals surface area contributed by atoms with E-state index in [2.05, 4.69) is 15.9 Å². The Balaban J connectivity index is 1.46. The van der Waals surface area contributed by atoms with Crippen molar-refractivity contribution in [1.82, 2.24) is 4.90 Å². The molecule has 0 spiro atoms. The van der Waals surface area contributed by atoms with E-state index >= 15 is 0 Å². The van der Waals surface area contributed by atoms with E-state index in [-0.39, 0.29) is 12.0 Å². The second-order valence-corrected chi connectivity index (χ2v) is 6.75. The van der Waals surface area contributed by atoms with Gasteiger partial charge in [0.1, 0.15) is 0 Å². The summed E-state index contributed by atoms with van der Waals surface area (Å²) in [5, 5.41) is 0. The number of halogens is 1. The SMILES string of the molecule is O=C(Cc1ccc(Br)cc1)N1CC[C@@H](OCC2CC2)C1. The van der Waals surface area contributed by atoms with Gasteiger partial charge in [-0.3, -0.25) is 4.79 Å². The molecule has 1 aliphatic heterocycles. The van der Waals surface area contributed by atoms with E-state index in [0.717, 1.165) is 42.1 Å². The lowest BCUT2D eigenvalue weighted by Crippen LogP contribution is -2.31. The summed E-state index contributed by atoms with van der Waals surface area (Å²) in [7, 11) is 0. The number of hydrogen-bond acceptors (Lipinski definition) is 2. The van der Waals surface area contributed by atoms with Crippen LogP contribution in [0.5, 0.6) is 0 Å². The van der Waals surface area contributed by atoms with Gasteiger partial charge in [-0.15, -0.1) is 0 Å². The predicted molar refractivity (Wildman–Crippen MR) is 81.5 cm³/mol. The van der Waals surface area contributed by atoms with Crippen LogP contribution in [0.3, 0.4) is 0 Å². The minimum absolute atomic E-state index is 0.213. The first kappa shape index (κ1) is 14.1. The van der Waals surface area contributed by atoms with E-state index in [1.807, 2.05) is 29.2 Å². The standard InChI is InChI=1S/C16H20BrNO2/c17-14-5-3-12(4-6-14)9-16(19)18-8-7-15(10-18)20-11-13-1-2-13/h3-6,13,15H,1-2,7-11H2/t15-/m1/s1. The lowest BCUT2D eigenvalue weighted by molar-refractivity contribution is -0.130. The van der Waals surface area contributed by atoms with Crippen molar-refractivity contribution < 1.29 is 9.53 Å². The van der Waals surface area contributed by atoms with Gasteiger partial charge >= 0.3 is 0 Å². The molecule has 1 heterocycles. The predicted octanol–water partition coefficient (Wildman–Crippen LogP) is 3.02. The fourth-order valence-corrected chi connectivity index (χ4v) is 2.80. The molecule has 0 aromatic heterocycles. The Morgan fingerprint density at radius 3 is 2.70 bits per heavy atom. The number of carbonyl (C=O) groups excluding carboxylic acids is 1. The molecule has 20 heavy (non-hydrogen) atoms. The summed E-state index contributed by atoms with van der Waals surface area (Å²) in [6.45, 7) is 2.49. The van der Waals surface area contributed by atoms with Gasteiger partial charge in [-0.1, -0.05) is 28.1 Å². The topological polar surface area (TPSA) is 29.5 Å². The van der Waals surface area contributed by atoms with Gasteiger partial charge in [0.25, 0.3) is 0 Å². The highest BCUT2D eigenvalue weighted by Crippen LogP contribution is 2.30. The molecule has 3 rings (SSSR count). The molecule has 1 atom stereocenters. The molecule has 0 radical (unpaired) electrons. The molecule has 4 heteroatoms. The average molecular weight is 338 g/mol. The number of amides is 1. The van der Waals surface area contributed by atoms with Crippen molar-refractivity contribution in [2.24, 2.45) is 5.92 Å². The summed E-state index contributed by atoms with van der Waals surface area (Å²) in [5.74, 6) is 1.01. The maximum atomic E-state index is 12.3. The second kappa shape index (κ2) is 6.27. The number of hydrogen-bond donors (Lipinski definition) is 0. The zero-order valence-corrected chi connectivity index (χ0v) is 13.1. The molecular weight excluding hydrogens is 318 g/mol. The highest BCUT2D eigenvalue weighted by Gasteiger charge is 2.29. The monoisotopic (exact) mass is 337 g/mol. The van der Waals surface area contributed by atoms with E-state index in [1.54, 1.807) is 0 Å². The molecule has 0 bridgehead atoms. The lowest BCUT2D eigenvalue weighted by atomic mass is 10.1. The maximum absolute atomic E-state index is 12.3. The molecule has 3 nitrogen and oxygen atoms in total. The summed E-state index contributed by atoms with van der Waals surface area (Å²) in [6.07, 6.45) is 4.36. The van der Waals surface area contributed by atoms with Crippen molar-refractivity contribution in [2.75, 3.05) is 19.7 Å². The van der Waals surface area contributed by atoms with Crippen LogP contribution in [0.4, 0.5) is 0 Å². The Labute approximate surface area is 128 Å². The third-order valence-electron chi connectivity index (χ3n) is 4.03. The molecule has 108 valence electrons. The highest BCUT2D eigenvalue weighted by atomic mass is 79.9. The summed E-state index contributed by atoms with van der Waals surface area (Å²) in [6, 6.07) is 7.96. The average Bonchev–Trinajstić information content (AvgIpc) is 3.15. The first-order valence-corrected chi connectivity index (χ1v) is 8.14. The van der Waals surface area contributed by atoms with E-state index in [1.165, 1.54) is 12.8 Å². The van der Waals surface area contributed by atoms with Crippen molar-refractivity contribution in [2.45, 2.75) is 31.8 Å². The summed E-state index contributed by atoms with van der Waals surface area (Å²) in [4.78, 5) is 14.2. The van der Waals surface area contributed by atoms with Crippen molar-refractivity contribution in [3.05, 3.63) is 34.3 Å². The van der Waals surface area contributed by atoms with Gasteiger partial charge in [0.15, 0.2) is 0 Å². The van der Waals surface area contributed by atoms with E-state index < -0.39 is 0 Å². The Morgan fingerprint density at radius 1 is 1.25 bits per heavy atom. The Hall–Kier alpha value is -0.870. The molecular formula is C16H20BrNO2. The summed E-state index contributed by atoms with van der Waals surface area (Å²) < 4.78 is 6.92. The van der Waals surface area contributed by atoms with Crippen molar-refractivity contribution >= 4 is 21.8 Å². The van der Waals surface area contributed by atoms with Crippen molar-refractivity contribution in [3.63, 3.8) is 0 Å². The quantitative estimate of drug-likeness (QED) is 0.826. The van der Waals surface area contributed by atoms with Gasteiger partial charge < -0.3 is 9.64 Å². The fourth-order valence-electron chi connectivity index (χ4n) is 2.54. The Kier molecular flexibility index (Phi) is 4.41. The van der Waals surface area contributed by atoms with Crippen LogP contribution in [0.25, 0.3) is 0 Å². The van der Waals surface area contributed by atoms with Crippen molar-refractivity contribution in [3.8, 4) is 0 Å². The zero-order valence-electron chi connectivity index (χ0n) is 11.6. The smallest absolute Gasteiger partial charge is 0.227 e. The van der Waals surface area contributed by atoms with Gasteiger partial charge in [-0.25, -0.2) is 0 Å². The Bertz CT molecular complexity index is 470. The van der Waals surface area contributed by atoms with Crippen LogP contribution in [0.1, 0.15) is 24.8 Å². The van der Waals surface area contributed by atoms with E-state index in [9.17, 15) is 4.79 Å². The zero-order chi connectivity index (χ0) is 13.9. The van der Waals surface area contributed by atoms with E-state index in [0.29, 0.717) is 6.42 Å². The molecule has 1 aliphatic carbocycles. The van der Waals surface area contributed by atoms with Crippen molar-refractivity contribution in [1.29, 1.82) is 0 Å². The van der Waals surface area contributed by atoms with Gasteiger partial charge in [-0.2, -0.15) is 0 Å². The van der Waals surface area contributed by atoms with Crippen LogP contribution in [-0.2, 0) is 16.0 Å². The molecule has 1 aromatic carbocycles. The number of carbonyl (C=O) groups is 1. The molecule has 2 aliphatic rings. The van der Waals surface area contributed by atoms with Crippen LogP contribution < -0.4 is 0 Å². The van der Waals surface area contributed by atoms with Crippen LogP contribution in [0.15, 0.2) is 28.7 Å². The van der Waals surface area contributed by atoms with Crippen LogP contribution in [0.2, 0.25) is 0 Å². The number of benzene rings is 1. The van der Waals surface area contributed by atoms with Crippen LogP contribution in [0, 0.1) is 5.92 Å². The maximum Gasteiger partial charge on any atom is 0.227 e. The molecule has 0 N–H and O–H groups in total. The largest absolute Gasteiger partial charge is 0.376 e. The first-order chi connectivity index (χ1) is 9.70. The van der Waals surface area contributed by atoms with Gasteiger partial charge in [0.2, 0.25) is 5.91 Å². The van der Waals surface area contributed by atoms with Gasteiger partial charge in [0.05, 0.1) is 12.5 Å². The lowest BCUT2D eigenvalue weighted by Gasteiger charge is -2.17. The third-order valence-corrected chi connectivity index (χ3v) is 4.56. The third kappa shape index (κ3) is 3.83.